The summed E-state index contributed by atoms with van der Waals surface area (Å²) in [4.78, 5) is 62.5. The lowest BCUT2D eigenvalue weighted by Crippen LogP contribution is -2.50. The van der Waals surface area contributed by atoms with Gasteiger partial charge in [0.05, 0.1) is 6.54 Å². The van der Waals surface area contributed by atoms with Gasteiger partial charge in [-0.05, 0) is 30.4 Å². The van der Waals surface area contributed by atoms with E-state index in [9.17, 15) is 24.0 Å². The van der Waals surface area contributed by atoms with Crippen molar-refractivity contribution in [2.75, 3.05) is 26.2 Å². The summed E-state index contributed by atoms with van der Waals surface area (Å²) in [5.41, 5.74) is 1.85. The molecule has 0 bridgehead atoms. The second kappa shape index (κ2) is 13.6. The monoisotopic (exact) mass is 494 g/mol. The Kier molecular flexibility index (Phi) is 9.99. The fourth-order valence-electron chi connectivity index (χ4n) is 3.79. The Hall–Kier alpha value is -4.21. The van der Waals surface area contributed by atoms with Crippen LogP contribution in [0.3, 0.4) is 0 Å². The Labute approximate surface area is 209 Å². The van der Waals surface area contributed by atoms with Crippen molar-refractivity contribution in [2.24, 2.45) is 0 Å². The van der Waals surface area contributed by atoms with Gasteiger partial charge >= 0.3 is 6.09 Å². The molecule has 3 rings (SSSR count). The van der Waals surface area contributed by atoms with E-state index in [0.29, 0.717) is 32.4 Å². The lowest BCUT2D eigenvalue weighted by molar-refractivity contribution is -0.140. The number of likely N-dealkylation sites (tertiary alicyclic amines) is 1. The summed E-state index contributed by atoms with van der Waals surface area (Å²) in [6.45, 7) is -0.0535. The normalized spacial score (nSPS) is 14.6. The largest absolute Gasteiger partial charge is 0.445 e. The topological polar surface area (TPSA) is 134 Å². The van der Waals surface area contributed by atoms with Gasteiger partial charge in [0, 0.05) is 13.1 Å². The fourth-order valence-corrected chi connectivity index (χ4v) is 3.79. The van der Waals surface area contributed by atoms with E-state index in [1.807, 2.05) is 60.7 Å². The SMILES string of the molecule is O=C(NCC(=O)N1CCCC1C(=O)NCC(=O)C(=O)NCCc1ccccc1)OCc1ccccc1. The number of benzene rings is 2. The number of carbonyl (C=O) groups excluding carboxylic acids is 5. The standard InChI is InChI=1S/C26H30N4O6/c31-22(25(34)27-14-13-19-8-3-1-4-9-19)16-28-24(33)21-12-7-15-30(21)23(32)17-29-26(35)36-18-20-10-5-2-6-11-20/h1-6,8-11,21H,7,12-18H2,(H,27,34)(H,28,33)(H,29,35). The van der Waals surface area contributed by atoms with Crippen molar-refractivity contribution in [3.05, 3.63) is 71.8 Å². The molecule has 1 unspecified atom stereocenters. The molecule has 10 heteroatoms. The number of ketones is 1. The van der Waals surface area contributed by atoms with Crippen molar-refractivity contribution in [1.82, 2.24) is 20.9 Å². The van der Waals surface area contributed by atoms with E-state index in [1.54, 1.807) is 0 Å². The molecule has 0 aromatic heterocycles. The van der Waals surface area contributed by atoms with Crippen LogP contribution in [0, 0.1) is 0 Å². The maximum Gasteiger partial charge on any atom is 0.407 e. The summed E-state index contributed by atoms with van der Waals surface area (Å²) in [7, 11) is 0. The van der Waals surface area contributed by atoms with Crippen LogP contribution in [0.25, 0.3) is 0 Å². The van der Waals surface area contributed by atoms with Gasteiger partial charge in [-0.15, -0.1) is 0 Å². The molecule has 0 aliphatic carbocycles. The maximum atomic E-state index is 12.6. The Morgan fingerprint density at radius 2 is 1.50 bits per heavy atom. The number of nitrogens with one attached hydrogen (secondary N) is 3. The number of ether oxygens (including phenoxy) is 1. The molecule has 1 aliphatic rings. The first-order valence-electron chi connectivity index (χ1n) is 11.8. The van der Waals surface area contributed by atoms with E-state index in [-0.39, 0.29) is 13.2 Å². The predicted octanol–water partition coefficient (Wildman–Crippen LogP) is 0.948. The summed E-state index contributed by atoms with van der Waals surface area (Å²) >= 11 is 0. The maximum absolute atomic E-state index is 12.6. The number of hydrogen-bond donors (Lipinski definition) is 3. The second-order valence-electron chi connectivity index (χ2n) is 8.29. The Morgan fingerprint density at radius 1 is 0.833 bits per heavy atom. The van der Waals surface area contributed by atoms with E-state index < -0.39 is 42.2 Å². The molecule has 10 nitrogen and oxygen atoms in total. The third-order valence-electron chi connectivity index (χ3n) is 5.69. The van der Waals surface area contributed by atoms with Gasteiger partial charge in [0.2, 0.25) is 17.6 Å². The van der Waals surface area contributed by atoms with E-state index in [1.165, 1.54) is 4.90 Å². The van der Waals surface area contributed by atoms with Crippen LogP contribution in [0.4, 0.5) is 4.79 Å². The third-order valence-corrected chi connectivity index (χ3v) is 5.69. The fraction of sp³-hybridized carbons (Fsp3) is 0.346. The molecular weight excluding hydrogens is 464 g/mol. The Bertz CT molecular complexity index is 1060. The van der Waals surface area contributed by atoms with Gasteiger partial charge in [0.25, 0.3) is 5.91 Å². The van der Waals surface area contributed by atoms with Crippen molar-refractivity contribution >= 4 is 29.6 Å². The highest BCUT2D eigenvalue weighted by molar-refractivity contribution is 6.37. The Morgan fingerprint density at radius 3 is 2.19 bits per heavy atom. The van der Waals surface area contributed by atoms with Crippen molar-refractivity contribution < 1.29 is 28.7 Å². The summed E-state index contributed by atoms with van der Waals surface area (Å²) in [6, 6.07) is 17.9. The summed E-state index contributed by atoms with van der Waals surface area (Å²) < 4.78 is 5.08. The molecule has 2 aromatic carbocycles. The molecule has 1 fully saturated rings. The second-order valence-corrected chi connectivity index (χ2v) is 8.29. The number of Topliss-reactive ketones (excluding diaryl/α,β-unsaturated/α-hetero) is 1. The zero-order valence-corrected chi connectivity index (χ0v) is 19.9. The summed E-state index contributed by atoms with van der Waals surface area (Å²) in [5.74, 6) is -2.49. The molecular formula is C26H30N4O6. The zero-order valence-electron chi connectivity index (χ0n) is 19.9. The van der Waals surface area contributed by atoms with Crippen molar-refractivity contribution in [1.29, 1.82) is 0 Å². The van der Waals surface area contributed by atoms with Gasteiger partial charge in [-0.25, -0.2) is 4.79 Å². The first-order valence-corrected chi connectivity index (χ1v) is 11.8. The highest BCUT2D eigenvalue weighted by Gasteiger charge is 2.34. The van der Waals surface area contributed by atoms with Crippen LogP contribution in [0.1, 0.15) is 24.0 Å². The first-order chi connectivity index (χ1) is 17.4. The molecule has 0 radical (unpaired) electrons. The van der Waals surface area contributed by atoms with Gasteiger partial charge in [-0.3, -0.25) is 19.2 Å². The van der Waals surface area contributed by atoms with Crippen LogP contribution in [-0.2, 0) is 36.9 Å². The van der Waals surface area contributed by atoms with Gasteiger partial charge < -0.3 is 25.6 Å². The van der Waals surface area contributed by atoms with Crippen LogP contribution < -0.4 is 16.0 Å². The van der Waals surface area contributed by atoms with Crippen LogP contribution in [0.15, 0.2) is 60.7 Å². The van der Waals surface area contributed by atoms with Crippen molar-refractivity contribution in [3.63, 3.8) is 0 Å². The quantitative estimate of drug-likeness (QED) is 0.398. The van der Waals surface area contributed by atoms with Crippen LogP contribution in [0.2, 0.25) is 0 Å². The highest BCUT2D eigenvalue weighted by atomic mass is 16.5. The average molecular weight is 495 g/mol. The molecule has 3 N–H and O–H groups in total. The van der Waals surface area contributed by atoms with Crippen molar-refractivity contribution in [2.45, 2.75) is 31.9 Å². The molecule has 2 aromatic rings. The number of nitrogens with zero attached hydrogens (tertiary/aromatic N) is 1. The van der Waals surface area contributed by atoms with Crippen LogP contribution in [-0.4, -0.2) is 66.7 Å². The van der Waals surface area contributed by atoms with Crippen LogP contribution in [0.5, 0.6) is 0 Å². The highest BCUT2D eigenvalue weighted by Crippen LogP contribution is 2.17. The molecule has 190 valence electrons. The molecule has 0 saturated carbocycles. The minimum Gasteiger partial charge on any atom is -0.445 e. The van der Waals surface area contributed by atoms with Gasteiger partial charge in [0.15, 0.2) is 0 Å². The first kappa shape index (κ1) is 26.4. The average Bonchev–Trinajstić information content (AvgIpc) is 3.40. The number of alkyl carbamates (subject to hydrolysis) is 1. The molecule has 1 aliphatic heterocycles. The van der Waals surface area contributed by atoms with E-state index in [2.05, 4.69) is 16.0 Å². The minimum atomic E-state index is -0.774. The lowest BCUT2D eigenvalue weighted by Gasteiger charge is -2.24. The van der Waals surface area contributed by atoms with Crippen LogP contribution >= 0.6 is 0 Å². The Balaban J connectivity index is 1.36. The summed E-state index contributed by atoms with van der Waals surface area (Å²) in [6.07, 6.45) is 0.874. The minimum absolute atomic E-state index is 0.0729. The molecule has 0 spiro atoms. The molecule has 36 heavy (non-hydrogen) atoms. The van der Waals surface area contributed by atoms with E-state index in [0.717, 1.165) is 11.1 Å². The van der Waals surface area contributed by atoms with E-state index >= 15 is 0 Å². The number of rotatable bonds is 11. The number of amides is 4. The third kappa shape index (κ3) is 8.23. The zero-order chi connectivity index (χ0) is 25.8. The lowest BCUT2D eigenvalue weighted by atomic mass is 10.1. The van der Waals surface area contributed by atoms with Gasteiger partial charge in [0.1, 0.15) is 19.2 Å². The molecule has 1 heterocycles. The van der Waals surface area contributed by atoms with Gasteiger partial charge in [-0.1, -0.05) is 60.7 Å². The summed E-state index contributed by atoms with van der Waals surface area (Å²) in [5, 5.41) is 7.38. The van der Waals surface area contributed by atoms with Crippen molar-refractivity contribution in [3.8, 4) is 0 Å². The predicted molar refractivity (Wildman–Crippen MR) is 131 cm³/mol. The van der Waals surface area contributed by atoms with E-state index in [4.69, 9.17) is 4.74 Å². The number of carbonyl (C=O) groups is 5. The molecule has 1 saturated heterocycles. The molecule has 1 atom stereocenters. The van der Waals surface area contributed by atoms with Gasteiger partial charge in [-0.2, -0.15) is 0 Å². The number of hydrogen-bond acceptors (Lipinski definition) is 6. The molecule has 4 amide bonds. The smallest absolute Gasteiger partial charge is 0.407 e.